The molecule has 1 aliphatic rings. The molecule has 1 aromatic heterocycles. The van der Waals surface area contributed by atoms with E-state index in [0.29, 0.717) is 5.41 Å². The average molecular weight is 262 g/mol. The molecule has 0 amide bonds. The van der Waals surface area contributed by atoms with Gasteiger partial charge in [-0.3, -0.25) is 0 Å². The van der Waals surface area contributed by atoms with Gasteiger partial charge in [-0.1, -0.05) is 20.3 Å². The van der Waals surface area contributed by atoms with Crippen LogP contribution in [0, 0.1) is 5.41 Å². The SMILES string of the molecule is CCCc1nc(NCC)cc(NCC2(C)CCC2)n1. The monoisotopic (exact) mass is 262 g/mol. The van der Waals surface area contributed by atoms with Crippen LogP contribution in [0.3, 0.4) is 0 Å². The molecule has 1 fully saturated rings. The summed E-state index contributed by atoms with van der Waals surface area (Å²) in [6.07, 6.45) is 6.03. The molecular formula is C15H26N4. The van der Waals surface area contributed by atoms with Crippen LogP contribution in [0.15, 0.2) is 6.07 Å². The van der Waals surface area contributed by atoms with Crippen molar-refractivity contribution in [2.45, 2.75) is 52.9 Å². The van der Waals surface area contributed by atoms with Gasteiger partial charge in [0.1, 0.15) is 17.5 Å². The van der Waals surface area contributed by atoms with Gasteiger partial charge in [-0.25, -0.2) is 9.97 Å². The average Bonchev–Trinajstić information content (AvgIpc) is 2.35. The molecule has 0 aliphatic heterocycles. The second-order valence-electron chi connectivity index (χ2n) is 5.85. The van der Waals surface area contributed by atoms with Gasteiger partial charge in [0, 0.05) is 25.6 Å². The van der Waals surface area contributed by atoms with E-state index in [1.807, 2.05) is 6.07 Å². The standard InChI is InChI=1S/C15H26N4/c1-4-7-12-18-13(16-5-2)10-14(19-12)17-11-15(3)8-6-9-15/h10H,4-9,11H2,1-3H3,(H2,16,17,18,19). The van der Waals surface area contributed by atoms with Gasteiger partial charge in [-0.05, 0) is 31.6 Å². The Bertz CT molecular complexity index is 388. The Hall–Kier alpha value is -1.32. The van der Waals surface area contributed by atoms with Gasteiger partial charge in [-0.15, -0.1) is 0 Å². The number of hydrogen-bond acceptors (Lipinski definition) is 4. The number of hydrogen-bond donors (Lipinski definition) is 2. The molecule has 0 aromatic carbocycles. The van der Waals surface area contributed by atoms with Crippen LogP contribution in [-0.4, -0.2) is 23.1 Å². The zero-order valence-electron chi connectivity index (χ0n) is 12.4. The molecular weight excluding hydrogens is 236 g/mol. The third kappa shape index (κ3) is 3.82. The third-order valence-corrected chi connectivity index (χ3v) is 3.86. The van der Waals surface area contributed by atoms with Crippen molar-refractivity contribution in [2.75, 3.05) is 23.7 Å². The van der Waals surface area contributed by atoms with Gasteiger partial charge in [-0.2, -0.15) is 0 Å². The van der Waals surface area contributed by atoms with Gasteiger partial charge in [0.05, 0.1) is 0 Å². The van der Waals surface area contributed by atoms with Crippen LogP contribution in [0.1, 0.15) is 52.3 Å². The minimum Gasteiger partial charge on any atom is -0.370 e. The van der Waals surface area contributed by atoms with Crippen LogP contribution in [0.5, 0.6) is 0 Å². The van der Waals surface area contributed by atoms with Gasteiger partial charge < -0.3 is 10.6 Å². The zero-order valence-corrected chi connectivity index (χ0v) is 12.4. The van der Waals surface area contributed by atoms with E-state index < -0.39 is 0 Å². The highest BCUT2D eigenvalue weighted by Crippen LogP contribution is 2.40. The molecule has 19 heavy (non-hydrogen) atoms. The highest BCUT2D eigenvalue weighted by molar-refractivity contribution is 5.47. The largest absolute Gasteiger partial charge is 0.370 e. The van der Waals surface area contributed by atoms with Crippen LogP contribution in [-0.2, 0) is 6.42 Å². The van der Waals surface area contributed by atoms with E-state index in [4.69, 9.17) is 0 Å². The number of nitrogens with zero attached hydrogens (tertiary/aromatic N) is 2. The fourth-order valence-electron chi connectivity index (χ4n) is 2.46. The molecule has 1 heterocycles. The molecule has 0 unspecified atom stereocenters. The highest BCUT2D eigenvalue weighted by Gasteiger charge is 2.31. The van der Waals surface area contributed by atoms with Crippen molar-refractivity contribution in [3.8, 4) is 0 Å². The number of anilines is 2. The maximum Gasteiger partial charge on any atom is 0.133 e. The van der Waals surface area contributed by atoms with Crippen LogP contribution >= 0.6 is 0 Å². The molecule has 1 aromatic rings. The molecule has 0 saturated heterocycles. The Morgan fingerprint density at radius 3 is 2.37 bits per heavy atom. The van der Waals surface area contributed by atoms with Crippen molar-refractivity contribution < 1.29 is 0 Å². The van der Waals surface area contributed by atoms with Crippen molar-refractivity contribution >= 4 is 11.6 Å². The lowest BCUT2D eigenvalue weighted by atomic mass is 9.70. The summed E-state index contributed by atoms with van der Waals surface area (Å²) in [5.41, 5.74) is 0.466. The lowest BCUT2D eigenvalue weighted by Gasteiger charge is -2.38. The van der Waals surface area contributed by atoms with Crippen LogP contribution in [0.25, 0.3) is 0 Å². The van der Waals surface area contributed by atoms with Crippen LogP contribution in [0.2, 0.25) is 0 Å². The van der Waals surface area contributed by atoms with E-state index >= 15 is 0 Å². The molecule has 4 nitrogen and oxygen atoms in total. The van der Waals surface area contributed by atoms with E-state index in [1.165, 1.54) is 19.3 Å². The van der Waals surface area contributed by atoms with Gasteiger partial charge >= 0.3 is 0 Å². The smallest absolute Gasteiger partial charge is 0.133 e. The predicted molar refractivity (Wildman–Crippen MR) is 80.6 cm³/mol. The first-order chi connectivity index (χ1) is 9.15. The predicted octanol–water partition coefficient (Wildman–Crippen LogP) is 3.46. The Morgan fingerprint density at radius 2 is 1.84 bits per heavy atom. The van der Waals surface area contributed by atoms with E-state index in [1.54, 1.807) is 0 Å². The van der Waals surface area contributed by atoms with Gasteiger partial charge in [0.25, 0.3) is 0 Å². The Morgan fingerprint density at radius 1 is 1.16 bits per heavy atom. The van der Waals surface area contributed by atoms with Gasteiger partial charge in [0.2, 0.25) is 0 Å². The summed E-state index contributed by atoms with van der Waals surface area (Å²) in [5, 5.41) is 6.77. The Kier molecular flexibility index (Phi) is 4.61. The van der Waals surface area contributed by atoms with Crippen molar-refractivity contribution in [2.24, 2.45) is 5.41 Å². The van der Waals surface area contributed by atoms with E-state index in [0.717, 1.165) is 43.4 Å². The maximum absolute atomic E-state index is 4.60. The first kappa shape index (κ1) is 14.1. The second kappa shape index (κ2) is 6.22. The molecule has 4 heteroatoms. The topological polar surface area (TPSA) is 49.8 Å². The minimum absolute atomic E-state index is 0.466. The molecule has 2 N–H and O–H groups in total. The minimum atomic E-state index is 0.466. The summed E-state index contributed by atoms with van der Waals surface area (Å²) in [6.45, 7) is 8.50. The van der Waals surface area contributed by atoms with Crippen molar-refractivity contribution in [1.82, 2.24) is 9.97 Å². The summed E-state index contributed by atoms with van der Waals surface area (Å²) >= 11 is 0. The number of nitrogens with one attached hydrogen (secondary N) is 2. The van der Waals surface area contributed by atoms with Crippen molar-refractivity contribution in [3.05, 3.63) is 11.9 Å². The number of rotatable bonds is 7. The van der Waals surface area contributed by atoms with Crippen molar-refractivity contribution in [3.63, 3.8) is 0 Å². The summed E-state index contributed by atoms with van der Waals surface area (Å²) < 4.78 is 0. The van der Waals surface area contributed by atoms with E-state index in [2.05, 4.69) is 41.4 Å². The molecule has 2 rings (SSSR count). The summed E-state index contributed by atoms with van der Waals surface area (Å²) in [5.74, 6) is 2.83. The lowest BCUT2D eigenvalue weighted by molar-refractivity contribution is 0.180. The molecule has 0 atom stereocenters. The van der Waals surface area contributed by atoms with E-state index in [-0.39, 0.29) is 0 Å². The highest BCUT2D eigenvalue weighted by atomic mass is 15.1. The van der Waals surface area contributed by atoms with Crippen LogP contribution in [0.4, 0.5) is 11.6 Å². The number of aryl methyl sites for hydroxylation is 1. The first-order valence-electron chi connectivity index (χ1n) is 7.51. The molecule has 1 saturated carbocycles. The molecule has 106 valence electrons. The third-order valence-electron chi connectivity index (χ3n) is 3.86. The quantitative estimate of drug-likeness (QED) is 0.790. The summed E-state index contributed by atoms with van der Waals surface area (Å²) in [6, 6.07) is 2.02. The first-order valence-corrected chi connectivity index (χ1v) is 7.51. The zero-order chi connectivity index (χ0) is 13.7. The van der Waals surface area contributed by atoms with Crippen LogP contribution < -0.4 is 10.6 Å². The molecule has 0 spiro atoms. The lowest BCUT2D eigenvalue weighted by Crippen LogP contribution is -2.33. The second-order valence-corrected chi connectivity index (χ2v) is 5.85. The Labute approximate surface area is 116 Å². The fraction of sp³-hybridized carbons (Fsp3) is 0.733. The normalized spacial score (nSPS) is 16.8. The van der Waals surface area contributed by atoms with Gasteiger partial charge in [0.15, 0.2) is 0 Å². The molecule has 1 aliphatic carbocycles. The molecule has 0 radical (unpaired) electrons. The molecule has 0 bridgehead atoms. The van der Waals surface area contributed by atoms with E-state index in [9.17, 15) is 0 Å². The summed E-state index contributed by atoms with van der Waals surface area (Å²) in [7, 11) is 0. The Balaban J connectivity index is 2.04. The van der Waals surface area contributed by atoms with Crippen molar-refractivity contribution in [1.29, 1.82) is 0 Å². The summed E-state index contributed by atoms with van der Waals surface area (Å²) in [4.78, 5) is 9.13. The fourth-order valence-corrected chi connectivity index (χ4v) is 2.46. The maximum atomic E-state index is 4.60. The number of aromatic nitrogens is 2.